The number of aromatic amines is 2. The predicted molar refractivity (Wildman–Crippen MR) is 225 cm³/mol. The monoisotopic (exact) mass is 806 g/mol. The van der Waals surface area contributed by atoms with E-state index in [0.29, 0.717) is 23.7 Å². The Kier molecular flexibility index (Phi) is 16.8. The van der Waals surface area contributed by atoms with E-state index >= 15 is 0 Å². The van der Waals surface area contributed by atoms with Crippen LogP contribution < -0.4 is 44.8 Å². The van der Waals surface area contributed by atoms with Crippen LogP contribution in [0.5, 0.6) is 0 Å². The Morgan fingerprint density at radius 1 is 0.684 bits per heavy atom. The number of fused-ring (bicyclic) bond motifs is 2. The van der Waals surface area contributed by atoms with Crippen molar-refractivity contribution in [3.05, 3.63) is 117 Å². The molecule has 0 spiro atoms. The Morgan fingerprint density at radius 2 is 1.11 bits per heavy atom. The Labute approximate surface area is 355 Å². The molecule has 0 atom stereocenters. The molecule has 0 unspecified atom stereocenters. The molecule has 16 heteroatoms. The topological polar surface area (TPSA) is 166 Å². The first-order valence-electron chi connectivity index (χ1n) is 18.1. The standard InChI is InChI=1S/C20H22ClN5O.C13H16N4O2.C7H8ClN.CH4.Li/c1-25-8-10-26(11-9-25)19-17-7-4-15(12-18(17)23-24-19)20(27)22-13-14-2-5-16(21)6-3-14;1-16-4-6-17(7-5-16)12-10-3-2-9(13(18)19)8-11(10)14-15-12;8-7-3-1-6(5-9)2-4-7;;/h2-7,12H,8-11,13H2,1H3,(H,22,27)(H,23,24);2-3,8H,4-7H2,1H3,(H,14,15)(H,18,19);1-4H,5,9H2;1H4;/q;;;;+1/p-1. The summed E-state index contributed by atoms with van der Waals surface area (Å²) in [5.41, 5.74) is 9.87. The van der Waals surface area contributed by atoms with Crippen molar-refractivity contribution in [1.29, 1.82) is 0 Å². The summed E-state index contributed by atoms with van der Waals surface area (Å²) < 4.78 is 0. The van der Waals surface area contributed by atoms with Gasteiger partial charge >= 0.3 is 18.9 Å². The fourth-order valence-electron chi connectivity index (χ4n) is 6.30. The molecule has 0 aliphatic carbocycles. The summed E-state index contributed by atoms with van der Waals surface area (Å²) >= 11 is 11.5. The van der Waals surface area contributed by atoms with Crippen molar-refractivity contribution in [2.75, 3.05) is 76.3 Å². The Morgan fingerprint density at radius 3 is 1.54 bits per heavy atom. The van der Waals surface area contributed by atoms with Crippen molar-refractivity contribution in [2.24, 2.45) is 5.73 Å². The summed E-state index contributed by atoms with van der Waals surface area (Å²) in [7, 11) is 4.24. The van der Waals surface area contributed by atoms with E-state index in [1.165, 1.54) is 0 Å². The van der Waals surface area contributed by atoms with Gasteiger partial charge in [-0.15, -0.1) is 0 Å². The summed E-state index contributed by atoms with van der Waals surface area (Å²) in [5, 5.41) is 32.0. The van der Waals surface area contributed by atoms with Gasteiger partial charge in [-0.2, -0.15) is 10.2 Å². The summed E-state index contributed by atoms with van der Waals surface area (Å²) in [6.45, 7) is 8.88. The molecule has 1 amide bonds. The zero-order valence-electron chi connectivity index (χ0n) is 31.9. The maximum atomic E-state index is 12.5. The first kappa shape index (κ1) is 45.1. The molecule has 0 radical (unpaired) electrons. The molecule has 0 saturated carbocycles. The minimum absolute atomic E-state index is 0. The fourth-order valence-corrected chi connectivity index (χ4v) is 6.56. The van der Waals surface area contributed by atoms with Crippen LogP contribution in [0.15, 0.2) is 84.9 Å². The van der Waals surface area contributed by atoms with E-state index in [4.69, 9.17) is 28.9 Å². The van der Waals surface area contributed by atoms with Crippen LogP contribution in [0.4, 0.5) is 11.6 Å². The number of rotatable bonds is 7. The second-order valence-corrected chi connectivity index (χ2v) is 14.5. The van der Waals surface area contributed by atoms with E-state index in [2.05, 4.69) is 59.4 Å². The molecule has 2 fully saturated rings. The predicted octanol–water partition coefficient (Wildman–Crippen LogP) is 2.02. The number of carbonyl (C=O) groups excluding carboxylic acids is 2. The number of aromatic nitrogens is 4. The number of halogens is 2. The maximum absolute atomic E-state index is 12.5. The van der Waals surface area contributed by atoms with Crippen molar-refractivity contribution < 1.29 is 33.6 Å². The third-order valence-corrected chi connectivity index (χ3v) is 10.2. The molecule has 2 saturated heterocycles. The third-order valence-electron chi connectivity index (χ3n) is 9.70. The molecular weight excluding hydrogens is 758 g/mol. The van der Waals surface area contributed by atoms with Crippen LogP contribution in [-0.4, -0.2) is 109 Å². The summed E-state index contributed by atoms with van der Waals surface area (Å²) in [4.78, 5) is 32.4. The molecule has 13 nitrogen and oxygen atoms in total. The first-order valence-corrected chi connectivity index (χ1v) is 18.8. The van der Waals surface area contributed by atoms with Crippen molar-refractivity contribution in [3.63, 3.8) is 0 Å². The van der Waals surface area contributed by atoms with Gasteiger partial charge in [0.1, 0.15) is 0 Å². The van der Waals surface area contributed by atoms with E-state index in [1.54, 1.807) is 18.2 Å². The van der Waals surface area contributed by atoms with Crippen molar-refractivity contribution in [2.45, 2.75) is 20.5 Å². The number of hydrogen-bond donors (Lipinski definition) is 4. The van der Waals surface area contributed by atoms with Gasteiger partial charge in [-0.1, -0.05) is 61.0 Å². The average molecular weight is 808 g/mol. The van der Waals surface area contributed by atoms with Crippen LogP contribution in [-0.2, 0) is 13.1 Å². The van der Waals surface area contributed by atoms with E-state index in [0.717, 1.165) is 102 Å². The number of carboxylic acids is 1. The minimum atomic E-state index is -1.17. The van der Waals surface area contributed by atoms with E-state index < -0.39 is 5.97 Å². The normalized spacial score (nSPS) is 14.4. The number of nitrogens with two attached hydrogens (primary N) is 1. The van der Waals surface area contributed by atoms with Gasteiger partial charge in [0.25, 0.3) is 5.91 Å². The second kappa shape index (κ2) is 21.3. The number of hydrogen-bond acceptors (Lipinski definition) is 10. The summed E-state index contributed by atoms with van der Waals surface area (Å²) in [6, 6.07) is 25.6. The molecule has 57 heavy (non-hydrogen) atoms. The fraction of sp³-hybridized carbons (Fsp3) is 0.317. The van der Waals surface area contributed by atoms with Gasteiger partial charge in [0.05, 0.1) is 17.0 Å². The van der Waals surface area contributed by atoms with E-state index in [-0.39, 0.29) is 37.8 Å². The molecule has 6 aromatic rings. The van der Waals surface area contributed by atoms with Gasteiger partial charge in [0.2, 0.25) is 0 Å². The average Bonchev–Trinajstić information content (AvgIpc) is 3.83. The Hall–Kier alpha value is -4.58. The molecule has 4 aromatic carbocycles. The van der Waals surface area contributed by atoms with Gasteiger partial charge in [0, 0.05) is 91.8 Å². The van der Waals surface area contributed by atoms with Crippen molar-refractivity contribution in [1.82, 2.24) is 35.5 Å². The zero-order valence-corrected chi connectivity index (χ0v) is 33.4. The smallest absolute Gasteiger partial charge is 0.545 e. The third kappa shape index (κ3) is 12.0. The minimum Gasteiger partial charge on any atom is -0.545 e. The number of amides is 1. The van der Waals surface area contributed by atoms with Gasteiger partial charge in [0.15, 0.2) is 11.6 Å². The van der Waals surface area contributed by atoms with Crippen LogP contribution in [0.3, 0.4) is 0 Å². The van der Waals surface area contributed by atoms with Crippen LogP contribution in [0.25, 0.3) is 21.8 Å². The number of H-pyrrole nitrogens is 2. The molecule has 5 N–H and O–H groups in total. The number of likely N-dealkylation sites (N-methyl/N-ethyl adjacent to an activating group) is 2. The maximum Gasteiger partial charge on any atom is 1.00 e. The molecular formula is C41H49Cl2LiN10O3. The summed E-state index contributed by atoms with van der Waals surface area (Å²) in [6.07, 6.45) is 0. The molecule has 2 aliphatic heterocycles. The van der Waals surface area contributed by atoms with E-state index in [9.17, 15) is 14.7 Å². The number of anilines is 2. The van der Waals surface area contributed by atoms with Crippen molar-refractivity contribution >= 4 is 68.5 Å². The number of carboxylic acid groups (broad SMARTS) is 1. The molecule has 2 aromatic heterocycles. The van der Waals surface area contributed by atoms with Crippen LogP contribution in [0, 0.1) is 0 Å². The second-order valence-electron chi connectivity index (χ2n) is 13.6. The van der Waals surface area contributed by atoms with Gasteiger partial charge < -0.3 is 40.6 Å². The largest absolute Gasteiger partial charge is 1.00 e. The molecule has 0 bridgehead atoms. The first-order chi connectivity index (χ1) is 26.6. The van der Waals surface area contributed by atoms with Crippen molar-refractivity contribution in [3.8, 4) is 0 Å². The number of benzene rings is 4. The van der Waals surface area contributed by atoms with Crippen LogP contribution in [0.1, 0.15) is 39.3 Å². The van der Waals surface area contributed by atoms with E-state index in [1.807, 2.05) is 66.7 Å². The number of carbonyl (C=O) groups is 2. The number of nitrogens with zero attached hydrogens (tertiary/aromatic N) is 6. The zero-order chi connectivity index (χ0) is 38.9. The Balaban J connectivity index is 0.000000209. The van der Waals surface area contributed by atoms with Gasteiger partial charge in [-0.25, -0.2) is 0 Å². The molecule has 296 valence electrons. The number of nitrogens with one attached hydrogen (secondary N) is 3. The summed E-state index contributed by atoms with van der Waals surface area (Å²) in [5.74, 6) is 0.583. The number of aromatic carboxylic acids is 1. The molecule has 2 aliphatic rings. The molecule has 8 rings (SSSR count). The SMILES string of the molecule is C.CN1CCN(c2n[nH]c3cc(C(=O)NCc4ccc(Cl)cc4)ccc23)CC1.CN1CCN(c2n[nH]c3cc(C(=O)[O-])ccc23)CC1.NCc1ccc(Cl)cc1.[Li+]. The van der Waals surface area contributed by atoms with Crippen LogP contribution in [0.2, 0.25) is 10.0 Å². The van der Waals surface area contributed by atoms with Crippen LogP contribution >= 0.6 is 23.2 Å². The number of piperazine rings is 2. The Bertz CT molecular complexity index is 2200. The van der Waals surface area contributed by atoms with Gasteiger partial charge in [-0.05, 0) is 85.4 Å². The quantitative estimate of drug-likeness (QED) is 0.176. The van der Waals surface area contributed by atoms with Gasteiger partial charge in [-0.3, -0.25) is 15.0 Å². The molecule has 4 heterocycles.